The van der Waals surface area contributed by atoms with E-state index in [4.69, 9.17) is 0 Å². The molecule has 80 heavy (non-hydrogen) atoms. The van der Waals surface area contributed by atoms with E-state index >= 15 is 0 Å². The highest BCUT2D eigenvalue weighted by molar-refractivity contribution is 9.11. The number of hydrogen-bond acceptors (Lipinski definition) is 0. The fourth-order valence-electron chi connectivity index (χ4n) is 10.1. The Morgan fingerprint density at radius 3 is 0.938 bits per heavy atom. The van der Waals surface area contributed by atoms with Crippen LogP contribution in [-0.4, -0.2) is 0 Å². The lowest BCUT2D eigenvalue weighted by Crippen LogP contribution is -2.16. The second-order valence-corrected chi connectivity index (χ2v) is 27.5. The highest BCUT2D eigenvalue weighted by Gasteiger charge is 2.19. The predicted octanol–water partition coefficient (Wildman–Crippen LogP) is 25.8. The van der Waals surface area contributed by atoms with Crippen LogP contribution in [0.2, 0.25) is 0 Å². The molecule has 0 unspecified atom stereocenters. The molecule has 0 aromatic heterocycles. The fraction of sp³-hybridized carbons (Fsp3) is 0.538. The Morgan fingerprint density at radius 2 is 0.588 bits per heavy atom. The van der Waals surface area contributed by atoms with Gasteiger partial charge < -0.3 is 0 Å². The molecule has 444 valence electrons. The van der Waals surface area contributed by atoms with Gasteiger partial charge in [0.05, 0.1) is 0 Å². The van der Waals surface area contributed by atoms with Crippen molar-refractivity contribution in [2.45, 2.75) is 278 Å². The Labute approximate surface area is 513 Å². The van der Waals surface area contributed by atoms with E-state index in [2.05, 4.69) is 273 Å². The van der Waals surface area contributed by atoms with E-state index in [9.17, 15) is 0 Å². The van der Waals surface area contributed by atoms with Gasteiger partial charge in [0, 0.05) is 8.95 Å². The predicted molar refractivity (Wildman–Crippen MR) is 370 cm³/mol. The van der Waals surface area contributed by atoms with Gasteiger partial charge in [-0.2, -0.15) is 0 Å². The summed E-state index contributed by atoms with van der Waals surface area (Å²) in [6, 6.07) is 40.4. The Hall–Kier alpha value is -3.72. The van der Waals surface area contributed by atoms with E-state index < -0.39 is 0 Å². The van der Waals surface area contributed by atoms with Gasteiger partial charge in [0.25, 0.3) is 0 Å². The number of hydrogen-bond donors (Lipinski definition) is 0. The van der Waals surface area contributed by atoms with Crippen LogP contribution in [0.3, 0.4) is 0 Å². The van der Waals surface area contributed by atoms with Gasteiger partial charge >= 0.3 is 0 Å². The third kappa shape index (κ3) is 35.3. The average molecular weight is 1220 g/mol. The minimum atomic E-state index is 0.242. The lowest BCUT2D eigenvalue weighted by atomic mass is 9.80. The van der Waals surface area contributed by atoms with E-state index in [-0.39, 0.29) is 10.8 Å². The molecular weight excluding hydrogens is 1100 g/mol. The summed E-state index contributed by atoms with van der Waals surface area (Å²) in [6.07, 6.45) is 26.8. The maximum atomic E-state index is 3.38. The fourth-order valence-corrected chi connectivity index (χ4v) is 11.7. The third-order valence-electron chi connectivity index (χ3n) is 14.6. The molecule has 0 bridgehead atoms. The first kappa shape index (κ1) is 74.3. The Morgan fingerprint density at radius 1 is 0.275 bits per heavy atom. The van der Waals surface area contributed by atoms with Gasteiger partial charge in [-0.1, -0.05) is 308 Å². The van der Waals surface area contributed by atoms with Crippen molar-refractivity contribution in [3.8, 4) is 0 Å². The monoisotopic (exact) mass is 1210 g/mol. The van der Waals surface area contributed by atoms with Crippen molar-refractivity contribution in [2.24, 2.45) is 0 Å². The summed E-state index contributed by atoms with van der Waals surface area (Å²) < 4.78 is 2.24. The molecule has 0 amide bonds. The SMILES string of the molecule is CCCCCCc1c(C)cc(C)cc1C.CCCCCCc1cc(C)cc(CCCCCC)c1.CCCCCCc1ccc(C)cc1.Cc1cc(Br)cc(Br)c1.Cc1cc(C(C)(C)C)cc(C(C)(C)C)c1.Cc1cc(C)cc(C)c1. The summed E-state index contributed by atoms with van der Waals surface area (Å²) >= 11 is 6.77. The molecule has 2 heteroatoms. The third-order valence-corrected chi connectivity index (χ3v) is 15.5. The van der Waals surface area contributed by atoms with Gasteiger partial charge in [0.2, 0.25) is 0 Å². The van der Waals surface area contributed by atoms with Crippen LogP contribution in [0.25, 0.3) is 0 Å². The maximum Gasteiger partial charge on any atom is 0.0189 e. The highest BCUT2D eigenvalue weighted by Crippen LogP contribution is 2.30. The molecule has 0 saturated heterocycles. The van der Waals surface area contributed by atoms with Gasteiger partial charge in [-0.15, -0.1) is 0 Å². The topological polar surface area (TPSA) is 0 Å². The quantitative estimate of drug-likeness (QED) is 0.0669. The number of benzene rings is 6. The van der Waals surface area contributed by atoms with Crippen molar-refractivity contribution in [3.63, 3.8) is 0 Å². The van der Waals surface area contributed by atoms with E-state index in [0.717, 1.165) is 8.95 Å². The molecule has 6 aromatic rings. The van der Waals surface area contributed by atoms with Crippen LogP contribution in [-0.2, 0) is 36.5 Å². The Balaban J connectivity index is 0.000000488. The summed E-state index contributed by atoms with van der Waals surface area (Å²) in [7, 11) is 0. The zero-order valence-corrected chi connectivity index (χ0v) is 58.5. The van der Waals surface area contributed by atoms with Crippen molar-refractivity contribution in [2.75, 3.05) is 0 Å². The summed E-state index contributed by atoms with van der Waals surface area (Å²) in [5.74, 6) is 0. The first-order valence-corrected chi connectivity index (χ1v) is 33.1. The van der Waals surface area contributed by atoms with Crippen LogP contribution < -0.4 is 0 Å². The molecule has 6 rings (SSSR count). The first-order valence-electron chi connectivity index (χ1n) is 31.5. The molecule has 0 fully saturated rings. The van der Waals surface area contributed by atoms with Crippen LogP contribution in [0.15, 0.2) is 118 Å². The minimum absolute atomic E-state index is 0.242. The normalized spacial score (nSPS) is 10.9. The molecule has 0 radical (unpaired) electrons. The second kappa shape index (κ2) is 41.3. The van der Waals surface area contributed by atoms with E-state index in [1.807, 2.05) is 6.07 Å². The van der Waals surface area contributed by atoms with Crippen molar-refractivity contribution in [1.29, 1.82) is 0 Å². The lowest BCUT2D eigenvalue weighted by molar-refractivity contribution is 0.567. The van der Waals surface area contributed by atoms with Gasteiger partial charge in [-0.05, 0) is 200 Å². The Kier molecular flexibility index (Phi) is 38.4. The summed E-state index contributed by atoms with van der Waals surface area (Å²) in [5, 5.41) is 0. The van der Waals surface area contributed by atoms with Crippen LogP contribution >= 0.6 is 31.9 Å². The Bertz CT molecular complexity index is 2340. The number of aryl methyl sites for hydroxylation is 13. The smallest absolute Gasteiger partial charge is 0.0189 e. The lowest BCUT2D eigenvalue weighted by Gasteiger charge is -2.25. The number of unbranched alkanes of at least 4 members (excludes halogenated alkanes) is 12. The number of rotatable bonds is 20. The molecular formula is C78H118Br2. The molecule has 0 aliphatic carbocycles. The van der Waals surface area contributed by atoms with E-state index in [1.54, 1.807) is 16.7 Å². The number of halogens is 2. The molecule has 0 atom stereocenters. The molecule has 0 aliphatic heterocycles. The van der Waals surface area contributed by atoms with Crippen LogP contribution in [0, 0.1) is 69.2 Å². The molecule has 0 heterocycles. The highest BCUT2D eigenvalue weighted by atomic mass is 79.9. The second-order valence-electron chi connectivity index (χ2n) is 25.6. The van der Waals surface area contributed by atoms with Crippen LogP contribution in [0.4, 0.5) is 0 Å². The van der Waals surface area contributed by atoms with Gasteiger partial charge in [0.1, 0.15) is 0 Å². The summed E-state index contributed by atoms with van der Waals surface area (Å²) in [5.41, 5.74) is 23.4. The zero-order chi connectivity index (χ0) is 60.3. The van der Waals surface area contributed by atoms with Crippen LogP contribution in [0.1, 0.15) is 261 Å². The van der Waals surface area contributed by atoms with E-state index in [0.29, 0.717) is 0 Å². The van der Waals surface area contributed by atoms with Gasteiger partial charge in [-0.3, -0.25) is 0 Å². The molecule has 0 aliphatic rings. The van der Waals surface area contributed by atoms with Crippen LogP contribution in [0.5, 0.6) is 0 Å². The van der Waals surface area contributed by atoms with Crippen molar-refractivity contribution >= 4 is 31.9 Å². The van der Waals surface area contributed by atoms with Gasteiger partial charge in [0.15, 0.2) is 0 Å². The summed E-state index contributed by atoms with van der Waals surface area (Å²) in [6.45, 7) is 44.4. The molecule has 0 spiro atoms. The maximum absolute atomic E-state index is 3.38. The summed E-state index contributed by atoms with van der Waals surface area (Å²) in [4.78, 5) is 0. The zero-order valence-electron chi connectivity index (χ0n) is 55.3. The van der Waals surface area contributed by atoms with Gasteiger partial charge in [-0.25, -0.2) is 0 Å². The van der Waals surface area contributed by atoms with E-state index in [1.165, 1.54) is 201 Å². The van der Waals surface area contributed by atoms with Crippen molar-refractivity contribution in [3.05, 3.63) is 207 Å². The minimum Gasteiger partial charge on any atom is -0.0654 e. The average Bonchev–Trinajstić information content (AvgIpc) is 3.35. The molecule has 6 aromatic carbocycles. The molecule has 0 nitrogen and oxygen atoms in total. The molecule has 0 N–H and O–H groups in total. The first-order chi connectivity index (χ1) is 37.7. The largest absolute Gasteiger partial charge is 0.0654 e. The van der Waals surface area contributed by atoms with Crippen molar-refractivity contribution < 1.29 is 0 Å². The molecule has 0 saturated carbocycles. The van der Waals surface area contributed by atoms with Crippen molar-refractivity contribution in [1.82, 2.24) is 0 Å². The standard InChI is InChI=1S/C19H32.2C15H24.C13H20.C9H12.C7H6Br2/c1-4-6-8-10-12-18-14-17(3)15-19(16-18)13-11-9-7-5-2;1-11-8-12(14(2,3)4)10-13(9-11)15(5,6)7;1-5-6-7-8-9-15-13(3)10-12(2)11-14(15)4;1-3-4-5-6-7-13-10-8-12(2)9-11-13;1-7-4-8(2)6-9(3)5-7;1-5-2-6(8)4-7(9)3-5/h14-16H,4-13H2,1-3H3;8-10H,1-7H3;10-11H,5-9H2,1-4H3;8-11H,3-7H2,1-2H3;4-6H,1-3H3;2-4H,1H3.